The van der Waals surface area contributed by atoms with Gasteiger partial charge < -0.3 is 5.32 Å². The van der Waals surface area contributed by atoms with Crippen molar-refractivity contribution in [2.75, 3.05) is 26.2 Å². The van der Waals surface area contributed by atoms with E-state index in [1.54, 1.807) is 11.3 Å². The molecule has 2 saturated heterocycles. The van der Waals surface area contributed by atoms with Crippen LogP contribution in [0.2, 0.25) is 0 Å². The van der Waals surface area contributed by atoms with Gasteiger partial charge in [0.15, 0.2) is 0 Å². The highest BCUT2D eigenvalue weighted by atomic mass is 32.1. The van der Waals surface area contributed by atoms with Crippen LogP contribution in [-0.2, 0) is 4.79 Å². The Hall–Kier alpha value is -1.99. The maximum absolute atomic E-state index is 12.5. The van der Waals surface area contributed by atoms with E-state index in [0.717, 1.165) is 31.4 Å². The average Bonchev–Trinajstić information content (AvgIpc) is 3.26. The van der Waals surface area contributed by atoms with Crippen LogP contribution in [0.3, 0.4) is 0 Å². The monoisotopic (exact) mass is 358 g/mol. The predicted molar refractivity (Wildman–Crippen MR) is 97.7 cm³/mol. The molecule has 6 nitrogen and oxygen atoms in total. The molecule has 0 saturated carbocycles. The second kappa shape index (κ2) is 6.72. The number of nitrogens with zero attached hydrogens (tertiary/aromatic N) is 3. The number of likely N-dealkylation sites (tertiary alicyclic amines) is 1. The third-order valence-corrected chi connectivity index (χ3v) is 6.42. The lowest BCUT2D eigenvalue weighted by atomic mass is 9.96. The Morgan fingerprint density at radius 3 is 2.72 bits per heavy atom. The molecule has 7 heteroatoms. The molecule has 2 fully saturated rings. The van der Waals surface area contributed by atoms with Crippen molar-refractivity contribution in [3.63, 3.8) is 0 Å². The van der Waals surface area contributed by atoms with Gasteiger partial charge >= 0.3 is 6.03 Å². The number of carbonyl (C=O) groups excluding carboxylic acids is 2. The van der Waals surface area contributed by atoms with Crippen molar-refractivity contribution in [3.8, 4) is 0 Å². The standard InChI is InChI=1S/C18H22N4O2S/c1-12(17(23)22-11-8-19-18(22)24)21-9-6-13(7-10-21)16-20-14-4-2-3-5-15(14)25-16/h2-5,12-13H,6-11H2,1H3,(H,19,24)/t12-/m0/s1. The number of carbonyl (C=O) groups is 2. The zero-order valence-corrected chi connectivity index (χ0v) is 15.1. The van der Waals surface area contributed by atoms with E-state index in [1.165, 1.54) is 14.6 Å². The number of rotatable bonds is 3. The number of fused-ring (bicyclic) bond motifs is 1. The minimum atomic E-state index is -0.263. The van der Waals surface area contributed by atoms with Crippen molar-refractivity contribution < 1.29 is 9.59 Å². The molecule has 0 spiro atoms. The Balaban J connectivity index is 1.39. The number of amides is 3. The van der Waals surface area contributed by atoms with Crippen molar-refractivity contribution in [1.29, 1.82) is 0 Å². The first-order valence-corrected chi connectivity index (χ1v) is 9.64. The van der Waals surface area contributed by atoms with E-state index in [1.807, 2.05) is 13.0 Å². The second-order valence-corrected chi connectivity index (χ2v) is 7.79. The Morgan fingerprint density at radius 1 is 1.28 bits per heavy atom. The highest BCUT2D eigenvalue weighted by molar-refractivity contribution is 7.18. The number of imide groups is 1. The maximum atomic E-state index is 12.5. The molecule has 3 heterocycles. The van der Waals surface area contributed by atoms with E-state index in [0.29, 0.717) is 19.0 Å². The molecule has 4 rings (SSSR count). The smallest absolute Gasteiger partial charge is 0.324 e. The minimum Gasteiger partial charge on any atom is -0.336 e. The summed E-state index contributed by atoms with van der Waals surface area (Å²) in [6.45, 7) is 4.67. The van der Waals surface area contributed by atoms with Gasteiger partial charge in [-0.25, -0.2) is 9.78 Å². The lowest BCUT2D eigenvalue weighted by molar-refractivity contribution is -0.133. The highest BCUT2D eigenvalue weighted by Gasteiger charge is 2.34. The van der Waals surface area contributed by atoms with Crippen LogP contribution < -0.4 is 5.32 Å². The van der Waals surface area contributed by atoms with Gasteiger partial charge in [0, 0.05) is 19.0 Å². The normalized spacial score (nSPS) is 20.8. The van der Waals surface area contributed by atoms with Crippen LogP contribution in [0.15, 0.2) is 24.3 Å². The zero-order chi connectivity index (χ0) is 17.4. The van der Waals surface area contributed by atoms with Crippen LogP contribution in [0.25, 0.3) is 10.2 Å². The van der Waals surface area contributed by atoms with Crippen LogP contribution in [0, 0.1) is 0 Å². The molecule has 0 aliphatic carbocycles. The molecule has 1 N–H and O–H groups in total. The number of para-hydroxylation sites is 1. The molecule has 0 unspecified atom stereocenters. The van der Waals surface area contributed by atoms with Crippen LogP contribution in [0.5, 0.6) is 0 Å². The van der Waals surface area contributed by atoms with E-state index in [-0.39, 0.29) is 18.0 Å². The van der Waals surface area contributed by atoms with Gasteiger partial charge in [-0.1, -0.05) is 12.1 Å². The van der Waals surface area contributed by atoms with Crippen molar-refractivity contribution >= 4 is 33.5 Å². The Labute approximate surface area is 150 Å². The summed E-state index contributed by atoms with van der Waals surface area (Å²) in [5, 5.41) is 3.90. The van der Waals surface area contributed by atoms with E-state index >= 15 is 0 Å². The molecule has 25 heavy (non-hydrogen) atoms. The number of aromatic nitrogens is 1. The van der Waals surface area contributed by atoms with Crippen molar-refractivity contribution in [2.45, 2.75) is 31.7 Å². The number of urea groups is 1. The fraction of sp³-hybridized carbons (Fsp3) is 0.500. The van der Waals surface area contributed by atoms with E-state index in [4.69, 9.17) is 4.98 Å². The molecular formula is C18H22N4O2S. The summed E-state index contributed by atoms with van der Waals surface area (Å²) in [4.78, 5) is 32.5. The van der Waals surface area contributed by atoms with Crippen LogP contribution >= 0.6 is 11.3 Å². The maximum Gasteiger partial charge on any atom is 0.324 e. The number of benzene rings is 1. The molecule has 1 aromatic carbocycles. The molecular weight excluding hydrogens is 336 g/mol. The molecule has 2 aromatic rings. The predicted octanol–water partition coefficient (Wildman–Crippen LogP) is 2.42. The molecule has 3 amide bonds. The number of piperidine rings is 1. The SMILES string of the molecule is C[C@@H](C(=O)N1CCNC1=O)N1CCC(c2nc3ccccc3s2)CC1. The van der Waals surface area contributed by atoms with Gasteiger partial charge in [0.1, 0.15) is 0 Å². The molecule has 1 aromatic heterocycles. The van der Waals surface area contributed by atoms with E-state index in [2.05, 4.69) is 28.4 Å². The van der Waals surface area contributed by atoms with Gasteiger partial charge in [-0.05, 0) is 45.0 Å². The van der Waals surface area contributed by atoms with Gasteiger partial charge in [0.2, 0.25) is 5.91 Å². The molecule has 2 aliphatic rings. The molecule has 0 bridgehead atoms. The Morgan fingerprint density at radius 2 is 2.04 bits per heavy atom. The summed E-state index contributed by atoms with van der Waals surface area (Å²) in [5.41, 5.74) is 1.08. The van der Waals surface area contributed by atoms with Crippen molar-refractivity contribution in [3.05, 3.63) is 29.3 Å². The van der Waals surface area contributed by atoms with Gasteiger partial charge in [0.25, 0.3) is 0 Å². The molecule has 132 valence electrons. The summed E-state index contributed by atoms with van der Waals surface area (Å²) >= 11 is 1.78. The zero-order valence-electron chi connectivity index (χ0n) is 14.3. The van der Waals surface area contributed by atoms with Crippen molar-refractivity contribution in [2.24, 2.45) is 0 Å². The summed E-state index contributed by atoms with van der Waals surface area (Å²) in [7, 11) is 0. The van der Waals surface area contributed by atoms with Crippen LogP contribution in [0.4, 0.5) is 4.79 Å². The van der Waals surface area contributed by atoms with Gasteiger partial charge in [0.05, 0.1) is 21.3 Å². The largest absolute Gasteiger partial charge is 0.336 e. The summed E-state index contributed by atoms with van der Waals surface area (Å²) in [6, 6.07) is 7.74. The topological polar surface area (TPSA) is 65.5 Å². The molecule has 2 aliphatic heterocycles. The van der Waals surface area contributed by atoms with Crippen LogP contribution in [0.1, 0.15) is 30.7 Å². The lowest BCUT2D eigenvalue weighted by Crippen LogP contribution is -2.50. The third-order valence-electron chi connectivity index (χ3n) is 5.22. The summed E-state index contributed by atoms with van der Waals surface area (Å²) in [5.74, 6) is 0.375. The molecule has 0 radical (unpaired) electrons. The number of nitrogens with one attached hydrogen (secondary N) is 1. The second-order valence-electron chi connectivity index (χ2n) is 6.73. The van der Waals surface area contributed by atoms with E-state index < -0.39 is 0 Å². The summed E-state index contributed by atoms with van der Waals surface area (Å²) in [6.07, 6.45) is 2.01. The Kier molecular flexibility index (Phi) is 4.43. The Bertz CT molecular complexity index is 764. The first-order chi connectivity index (χ1) is 12.1. The quantitative estimate of drug-likeness (QED) is 0.915. The van der Waals surface area contributed by atoms with Gasteiger partial charge in [-0.2, -0.15) is 0 Å². The fourth-order valence-electron chi connectivity index (χ4n) is 3.66. The average molecular weight is 358 g/mol. The first-order valence-electron chi connectivity index (χ1n) is 8.82. The van der Waals surface area contributed by atoms with Gasteiger partial charge in [-0.15, -0.1) is 11.3 Å². The minimum absolute atomic E-state index is 0.0894. The third kappa shape index (κ3) is 3.14. The first kappa shape index (κ1) is 16.5. The highest BCUT2D eigenvalue weighted by Crippen LogP contribution is 2.34. The number of hydrogen-bond acceptors (Lipinski definition) is 5. The molecule has 1 atom stereocenters. The van der Waals surface area contributed by atoms with E-state index in [9.17, 15) is 9.59 Å². The van der Waals surface area contributed by atoms with Crippen molar-refractivity contribution in [1.82, 2.24) is 20.1 Å². The fourth-order valence-corrected chi connectivity index (χ4v) is 4.80. The lowest BCUT2D eigenvalue weighted by Gasteiger charge is -2.35. The number of thiazole rings is 1. The summed E-state index contributed by atoms with van der Waals surface area (Å²) < 4.78 is 1.24. The van der Waals surface area contributed by atoms with Crippen LogP contribution in [-0.4, -0.2) is 58.9 Å². The van der Waals surface area contributed by atoms with Gasteiger partial charge in [-0.3, -0.25) is 14.6 Å². The number of hydrogen-bond donors (Lipinski definition) is 1.